The number of hydrogen-bond acceptors (Lipinski definition) is 7. The lowest BCUT2D eigenvalue weighted by Crippen LogP contribution is -2.29. The van der Waals surface area contributed by atoms with Crippen LogP contribution in [0.2, 0.25) is 0 Å². The molecule has 0 saturated carbocycles. The van der Waals surface area contributed by atoms with Gasteiger partial charge in [0, 0.05) is 11.3 Å². The fraction of sp³-hybridized carbons (Fsp3) is 0.207. The van der Waals surface area contributed by atoms with Crippen LogP contribution in [0.1, 0.15) is 41.4 Å². The Balaban J connectivity index is 1.87. The molecule has 1 heterocycles. The molecule has 1 atom stereocenters. The van der Waals surface area contributed by atoms with Gasteiger partial charge in [0.15, 0.2) is 0 Å². The van der Waals surface area contributed by atoms with Crippen molar-refractivity contribution in [1.82, 2.24) is 0 Å². The quantitative estimate of drug-likeness (QED) is 0.213. The summed E-state index contributed by atoms with van der Waals surface area (Å²) in [6.45, 7) is 3.76. The number of Topliss-reactive ketones (excluding diaryl/α,β-unsaturated/α-hetero) is 1. The Hall–Kier alpha value is -4.59. The molecule has 190 valence electrons. The average molecular weight is 502 g/mol. The number of methoxy groups -OCH3 is 2. The highest BCUT2D eigenvalue weighted by Crippen LogP contribution is 2.42. The molecule has 8 nitrogen and oxygen atoms in total. The molecule has 3 aromatic carbocycles. The van der Waals surface area contributed by atoms with Crippen LogP contribution < -0.4 is 14.4 Å². The molecule has 1 aliphatic heterocycles. The molecule has 1 saturated heterocycles. The first-order valence-electron chi connectivity index (χ1n) is 11.7. The van der Waals surface area contributed by atoms with Gasteiger partial charge in [-0.25, -0.2) is 4.79 Å². The van der Waals surface area contributed by atoms with E-state index in [0.717, 1.165) is 0 Å². The summed E-state index contributed by atoms with van der Waals surface area (Å²) in [4.78, 5) is 39.9. The van der Waals surface area contributed by atoms with Crippen LogP contribution in [0, 0.1) is 0 Å². The fourth-order valence-electron chi connectivity index (χ4n) is 4.22. The van der Waals surface area contributed by atoms with E-state index in [4.69, 9.17) is 14.2 Å². The van der Waals surface area contributed by atoms with Crippen molar-refractivity contribution < 1.29 is 33.7 Å². The van der Waals surface area contributed by atoms with E-state index in [9.17, 15) is 19.5 Å². The molecule has 0 aromatic heterocycles. The van der Waals surface area contributed by atoms with Gasteiger partial charge < -0.3 is 19.3 Å². The minimum Gasteiger partial charge on any atom is -0.507 e. The van der Waals surface area contributed by atoms with Crippen molar-refractivity contribution in [1.29, 1.82) is 0 Å². The van der Waals surface area contributed by atoms with Crippen molar-refractivity contribution in [3.05, 3.63) is 95.1 Å². The second-order valence-corrected chi connectivity index (χ2v) is 8.68. The first-order chi connectivity index (χ1) is 17.7. The summed E-state index contributed by atoms with van der Waals surface area (Å²) in [5, 5.41) is 11.4. The number of benzene rings is 3. The van der Waals surface area contributed by atoms with E-state index in [-0.39, 0.29) is 17.4 Å². The highest BCUT2D eigenvalue weighted by molar-refractivity contribution is 6.51. The zero-order valence-corrected chi connectivity index (χ0v) is 20.9. The molecule has 0 spiro atoms. The smallest absolute Gasteiger partial charge is 0.337 e. The number of amides is 1. The second-order valence-electron chi connectivity index (χ2n) is 8.68. The number of rotatable bonds is 7. The monoisotopic (exact) mass is 501 g/mol. The molecule has 3 aromatic rings. The third-order valence-electron chi connectivity index (χ3n) is 5.92. The Morgan fingerprint density at radius 1 is 0.892 bits per heavy atom. The van der Waals surface area contributed by atoms with E-state index in [1.807, 2.05) is 13.8 Å². The van der Waals surface area contributed by atoms with Crippen LogP contribution in [-0.2, 0) is 14.3 Å². The van der Waals surface area contributed by atoms with Gasteiger partial charge in [0.2, 0.25) is 0 Å². The van der Waals surface area contributed by atoms with Crippen LogP contribution >= 0.6 is 0 Å². The molecule has 8 heteroatoms. The van der Waals surface area contributed by atoms with Gasteiger partial charge >= 0.3 is 5.97 Å². The third-order valence-corrected chi connectivity index (χ3v) is 5.92. The van der Waals surface area contributed by atoms with Crippen molar-refractivity contribution >= 4 is 29.1 Å². The van der Waals surface area contributed by atoms with Crippen LogP contribution in [0.3, 0.4) is 0 Å². The number of aliphatic hydroxyl groups excluding tert-OH is 1. The Morgan fingerprint density at radius 2 is 1.57 bits per heavy atom. The van der Waals surface area contributed by atoms with Crippen LogP contribution in [0.15, 0.2) is 78.4 Å². The molecule has 0 aliphatic carbocycles. The molecule has 37 heavy (non-hydrogen) atoms. The number of ether oxygens (including phenoxy) is 3. The van der Waals surface area contributed by atoms with Crippen molar-refractivity contribution in [2.45, 2.75) is 26.0 Å². The average Bonchev–Trinajstić information content (AvgIpc) is 3.17. The lowest BCUT2D eigenvalue weighted by atomic mass is 9.95. The number of ketones is 1. The minimum atomic E-state index is -0.926. The van der Waals surface area contributed by atoms with Crippen LogP contribution in [0.4, 0.5) is 5.69 Å². The van der Waals surface area contributed by atoms with Gasteiger partial charge in [0.1, 0.15) is 17.3 Å². The second kappa shape index (κ2) is 10.6. The minimum absolute atomic E-state index is 0.0612. The Labute approximate surface area is 214 Å². The fourth-order valence-corrected chi connectivity index (χ4v) is 4.22. The maximum absolute atomic E-state index is 13.4. The molecule has 4 rings (SSSR count). The molecule has 1 N–H and O–H groups in total. The summed E-state index contributed by atoms with van der Waals surface area (Å²) in [5.41, 5.74) is 1.55. The van der Waals surface area contributed by atoms with Crippen LogP contribution in [0.25, 0.3) is 5.76 Å². The molecule has 1 aliphatic rings. The molecular weight excluding hydrogens is 474 g/mol. The van der Waals surface area contributed by atoms with Gasteiger partial charge in [-0.05, 0) is 67.9 Å². The van der Waals surface area contributed by atoms with Gasteiger partial charge in [-0.1, -0.05) is 24.3 Å². The zero-order valence-electron chi connectivity index (χ0n) is 20.9. The topological polar surface area (TPSA) is 102 Å². The lowest BCUT2D eigenvalue weighted by Gasteiger charge is -2.25. The van der Waals surface area contributed by atoms with Gasteiger partial charge in [-0.3, -0.25) is 14.5 Å². The standard InChI is InChI=1S/C29H27NO7/c1-17(2)37-23-7-5-6-20(16-23)26(31)24-25(18-10-14-22(35-3)15-11-18)30(28(33)27(24)32)21-12-8-19(9-13-21)29(34)36-4/h5-17,25,31H,1-4H3/b26-24+. The predicted molar refractivity (Wildman–Crippen MR) is 138 cm³/mol. The third kappa shape index (κ3) is 5.04. The number of hydrogen-bond donors (Lipinski definition) is 1. The molecule has 0 bridgehead atoms. The maximum Gasteiger partial charge on any atom is 0.337 e. The summed E-state index contributed by atoms with van der Waals surface area (Å²) in [5.74, 6) is -1.35. The van der Waals surface area contributed by atoms with E-state index < -0.39 is 23.7 Å². The van der Waals surface area contributed by atoms with Gasteiger partial charge in [-0.2, -0.15) is 0 Å². The number of nitrogens with zero attached hydrogens (tertiary/aromatic N) is 1. The van der Waals surface area contributed by atoms with E-state index in [1.54, 1.807) is 60.7 Å². The summed E-state index contributed by atoms with van der Waals surface area (Å²) in [7, 11) is 2.82. The normalized spacial score (nSPS) is 16.7. The first-order valence-corrected chi connectivity index (χ1v) is 11.7. The van der Waals surface area contributed by atoms with Crippen molar-refractivity contribution in [3.8, 4) is 11.5 Å². The molecule has 1 unspecified atom stereocenters. The summed E-state index contributed by atoms with van der Waals surface area (Å²) in [6, 6.07) is 18.8. The summed E-state index contributed by atoms with van der Waals surface area (Å²) in [6.07, 6.45) is -0.0877. The van der Waals surface area contributed by atoms with E-state index in [0.29, 0.717) is 33.9 Å². The van der Waals surface area contributed by atoms with Crippen molar-refractivity contribution in [2.75, 3.05) is 19.1 Å². The van der Waals surface area contributed by atoms with E-state index in [2.05, 4.69) is 0 Å². The SMILES string of the molecule is COC(=O)c1ccc(N2C(=O)C(=O)/C(=C(/O)c3cccc(OC(C)C)c3)C2c2ccc(OC)cc2)cc1. The highest BCUT2D eigenvalue weighted by Gasteiger charge is 2.47. The number of anilines is 1. The molecule has 0 radical (unpaired) electrons. The Bertz CT molecular complexity index is 1360. The number of esters is 1. The number of carbonyl (C=O) groups is 3. The van der Waals surface area contributed by atoms with Crippen LogP contribution in [0.5, 0.6) is 11.5 Å². The molecule has 1 fully saturated rings. The predicted octanol–water partition coefficient (Wildman–Crippen LogP) is 4.90. The highest BCUT2D eigenvalue weighted by atomic mass is 16.5. The zero-order chi connectivity index (χ0) is 26.7. The lowest BCUT2D eigenvalue weighted by molar-refractivity contribution is -0.132. The van der Waals surface area contributed by atoms with E-state index in [1.165, 1.54) is 31.3 Å². The van der Waals surface area contributed by atoms with Crippen LogP contribution in [-0.4, -0.2) is 43.1 Å². The van der Waals surface area contributed by atoms with Gasteiger partial charge in [0.25, 0.3) is 11.7 Å². The molecule has 1 amide bonds. The van der Waals surface area contributed by atoms with Crippen molar-refractivity contribution in [3.63, 3.8) is 0 Å². The van der Waals surface area contributed by atoms with E-state index >= 15 is 0 Å². The largest absolute Gasteiger partial charge is 0.507 e. The first kappa shape index (κ1) is 25.5. The van der Waals surface area contributed by atoms with Gasteiger partial charge in [-0.15, -0.1) is 0 Å². The van der Waals surface area contributed by atoms with Gasteiger partial charge in [0.05, 0.1) is 37.5 Å². The Kier molecular flexibility index (Phi) is 7.29. The maximum atomic E-state index is 13.4. The summed E-state index contributed by atoms with van der Waals surface area (Å²) >= 11 is 0. The molecular formula is C29H27NO7. The Morgan fingerprint density at radius 3 is 2.16 bits per heavy atom. The summed E-state index contributed by atoms with van der Waals surface area (Å²) < 4.78 is 15.7. The number of aliphatic hydroxyl groups is 1. The number of carbonyl (C=O) groups excluding carboxylic acids is 3. The van der Waals surface area contributed by atoms with Crippen molar-refractivity contribution in [2.24, 2.45) is 0 Å².